The smallest absolute Gasteiger partial charge is 0.274 e. The number of rotatable bonds is 0. The van der Waals surface area contributed by atoms with E-state index in [1.54, 1.807) is 12.2 Å². The molecular weight excluding hydrogens is 222 g/mol. The highest BCUT2D eigenvalue weighted by atomic mass is 79.9. The fourth-order valence-corrected chi connectivity index (χ4v) is 1.67. The Kier molecular flexibility index (Phi) is 1.62. The zero-order valence-electron chi connectivity index (χ0n) is 6.04. The molecule has 62 valence electrons. The average molecular weight is 228 g/mol. The van der Waals surface area contributed by atoms with E-state index in [1.807, 2.05) is 0 Å². The Balaban J connectivity index is 2.53. The third-order valence-electron chi connectivity index (χ3n) is 1.75. The number of nitrogens with zero attached hydrogens (tertiary/aromatic N) is 1. The van der Waals surface area contributed by atoms with Crippen LogP contribution in [0.2, 0.25) is 0 Å². The molecule has 0 radical (unpaired) electrons. The largest absolute Gasteiger partial charge is 0.320 e. The first kappa shape index (κ1) is 7.70. The van der Waals surface area contributed by atoms with E-state index >= 15 is 0 Å². The molecular formula is C7H6BrN3O. The Morgan fingerprint density at radius 2 is 2.42 bits per heavy atom. The van der Waals surface area contributed by atoms with Crippen LogP contribution in [-0.4, -0.2) is 17.7 Å². The molecule has 0 aromatic rings. The van der Waals surface area contributed by atoms with Gasteiger partial charge in [0.15, 0.2) is 0 Å². The van der Waals surface area contributed by atoms with Crippen molar-refractivity contribution in [1.29, 1.82) is 0 Å². The first-order chi connectivity index (χ1) is 5.70. The lowest BCUT2D eigenvalue weighted by molar-refractivity contribution is -0.116. The summed E-state index contributed by atoms with van der Waals surface area (Å²) >= 11 is 3.26. The van der Waals surface area contributed by atoms with Crippen LogP contribution in [0.25, 0.3) is 0 Å². The Labute approximate surface area is 77.3 Å². The molecule has 2 aliphatic rings. The van der Waals surface area contributed by atoms with Crippen molar-refractivity contribution in [2.75, 3.05) is 0 Å². The number of allylic oxidation sites excluding steroid dienone is 1. The highest BCUT2D eigenvalue weighted by Gasteiger charge is 2.28. The van der Waals surface area contributed by atoms with Crippen LogP contribution in [0.3, 0.4) is 0 Å². The average Bonchev–Trinajstić information content (AvgIpc) is 2.41. The van der Waals surface area contributed by atoms with Gasteiger partial charge in [0.1, 0.15) is 0 Å². The lowest BCUT2D eigenvalue weighted by Gasteiger charge is -2.12. The molecule has 0 saturated heterocycles. The number of amides is 1. The molecule has 0 bridgehead atoms. The van der Waals surface area contributed by atoms with Crippen LogP contribution in [0.4, 0.5) is 0 Å². The van der Waals surface area contributed by atoms with Gasteiger partial charge in [0.2, 0.25) is 0 Å². The van der Waals surface area contributed by atoms with Gasteiger partial charge in [0.25, 0.3) is 5.91 Å². The van der Waals surface area contributed by atoms with E-state index in [1.165, 1.54) is 0 Å². The van der Waals surface area contributed by atoms with Gasteiger partial charge in [0, 0.05) is 4.48 Å². The predicted molar refractivity (Wildman–Crippen MR) is 48.6 cm³/mol. The summed E-state index contributed by atoms with van der Waals surface area (Å²) < 4.78 is 0.693. The second-order valence-corrected chi connectivity index (χ2v) is 3.40. The standard InChI is InChI=1S/C7H6BrN3O/c8-6-3(9)1-2-4-5(6)7(12)11-10-4/h1-3H,9H2,(H,11,12). The summed E-state index contributed by atoms with van der Waals surface area (Å²) in [7, 11) is 0. The second kappa shape index (κ2) is 2.53. The minimum absolute atomic E-state index is 0.198. The normalized spacial score (nSPS) is 27.0. The summed E-state index contributed by atoms with van der Waals surface area (Å²) in [6, 6.07) is -0.234. The fraction of sp³-hybridized carbons (Fsp3) is 0.143. The number of hydrogen-bond donors (Lipinski definition) is 2. The molecule has 2 rings (SSSR count). The number of halogens is 1. The fourth-order valence-electron chi connectivity index (χ4n) is 1.14. The number of hydrazone groups is 1. The molecule has 1 heterocycles. The maximum Gasteiger partial charge on any atom is 0.274 e. The van der Waals surface area contributed by atoms with E-state index < -0.39 is 0 Å². The van der Waals surface area contributed by atoms with E-state index in [0.717, 1.165) is 0 Å². The van der Waals surface area contributed by atoms with Crippen LogP contribution < -0.4 is 11.2 Å². The molecule has 0 aromatic carbocycles. The van der Waals surface area contributed by atoms with Gasteiger partial charge in [-0.15, -0.1) is 0 Å². The van der Waals surface area contributed by atoms with Gasteiger partial charge in [-0.2, -0.15) is 5.10 Å². The van der Waals surface area contributed by atoms with Crippen LogP contribution in [0, 0.1) is 0 Å². The third-order valence-corrected chi connectivity index (χ3v) is 2.68. The molecule has 1 aliphatic carbocycles. The number of nitrogens with one attached hydrogen (secondary N) is 1. The zero-order valence-corrected chi connectivity index (χ0v) is 7.63. The number of carbonyl (C=O) groups excluding carboxylic acids is 1. The SMILES string of the molecule is NC1C=CC2=NNC(=O)C2=C1Br. The number of hydrogen-bond acceptors (Lipinski definition) is 3. The molecule has 3 N–H and O–H groups in total. The Hall–Kier alpha value is -0.940. The topological polar surface area (TPSA) is 67.5 Å². The van der Waals surface area contributed by atoms with E-state index in [2.05, 4.69) is 26.5 Å². The van der Waals surface area contributed by atoms with Crippen LogP contribution in [-0.2, 0) is 4.79 Å². The van der Waals surface area contributed by atoms with Gasteiger partial charge in [-0.1, -0.05) is 22.0 Å². The molecule has 5 heteroatoms. The van der Waals surface area contributed by atoms with Gasteiger partial charge < -0.3 is 5.73 Å². The van der Waals surface area contributed by atoms with Crippen molar-refractivity contribution in [3.8, 4) is 0 Å². The molecule has 1 atom stereocenters. The van der Waals surface area contributed by atoms with Crippen molar-refractivity contribution in [2.24, 2.45) is 10.8 Å². The van der Waals surface area contributed by atoms with Crippen LogP contribution >= 0.6 is 15.9 Å². The lowest BCUT2D eigenvalue weighted by atomic mass is 10.0. The molecule has 12 heavy (non-hydrogen) atoms. The summed E-state index contributed by atoms with van der Waals surface area (Å²) in [5.41, 5.74) is 9.23. The highest BCUT2D eigenvalue weighted by molar-refractivity contribution is 9.11. The van der Waals surface area contributed by atoms with E-state index in [-0.39, 0.29) is 11.9 Å². The van der Waals surface area contributed by atoms with Crippen molar-refractivity contribution in [3.05, 3.63) is 22.2 Å². The summed E-state index contributed by atoms with van der Waals surface area (Å²) in [4.78, 5) is 11.2. The van der Waals surface area contributed by atoms with Crippen molar-refractivity contribution < 1.29 is 4.79 Å². The van der Waals surface area contributed by atoms with Gasteiger partial charge in [-0.25, -0.2) is 5.43 Å². The van der Waals surface area contributed by atoms with Gasteiger partial charge in [0.05, 0.1) is 17.3 Å². The zero-order chi connectivity index (χ0) is 8.72. The molecule has 4 nitrogen and oxygen atoms in total. The Morgan fingerprint density at radius 1 is 1.67 bits per heavy atom. The van der Waals surface area contributed by atoms with E-state index in [0.29, 0.717) is 15.8 Å². The number of carbonyl (C=O) groups is 1. The van der Waals surface area contributed by atoms with Crippen LogP contribution in [0.5, 0.6) is 0 Å². The highest BCUT2D eigenvalue weighted by Crippen LogP contribution is 2.24. The Morgan fingerprint density at radius 3 is 3.17 bits per heavy atom. The second-order valence-electron chi connectivity index (χ2n) is 2.55. The van der Waals surface area contributed by atoms with Crippen molar-refractivity contribution in [2.45, 2.75) is 6.04 Å². The molecule has 1 unspecified atom stereocenters. The third kappa shape index (κ3) is 0.937. The number of fused-ring (bicyclic) bond motifs is 1. The molecule has 0 fully saturated rings. The summed E-state index contributed by atoms with van der Waals surface area (Å²) in [6.07, 6.45) is 3.52. The number of nitrogens with two attached hydrogens (primary N) is 1. The first-order valence-electron chi connectivity index (χ1n) is 3.42. The molecule has 0 aromatic heterocycles. The summed E-state index contributed by atoms with van der Waals surface area (Å²) in [5.74, 6) is -0.198. The molecule has 1 aliphatic heterocycles. The minimum atomic E-state index is -0.234. The molecule has 1 amide bonds. The maximum atomic E-state index is 11.2. The van der Waals surface area contributed by atoms with Gasteiger partial charge in [-0.05, 0) is 6.08 Å². The van der Waals surface area contributed by atoms with Gasteiger partial charge >= 0.3 is 0 Å². The van der Waals surface area contributed by atoms with Crippen LogP contribution in [0.15, 0.2) is 27.3 Å². The van der Waals surface area contributed by atoms with Crippen molar-refractivity contribution >= 4 is 27.5 Å². The predicted octanol–water partition coefficient (Wildman–Crippen LogP) is 0.0183. The van der Waals surface area contributed by atoms with E-state index in [4.69, 9.17) is 5.73 Å². The quantitative estimate of drug-likeness (QED) is 0.613. The first-order valence-corrected chi connectivity index (χ1v) is 4.21. The van der Waals surface area contributed by atoms with E-state index in [9.17, 15) is 4.79 Å². The van der Waals surface area contributed by atoms with Crippen molar-refractivity contribution in [1.82, 2.24) is 5.43 Å². The maximum absolute atomic E-state index is 11.2. The minimum Gasteiger partial charge on any atom is -0.320 e. The van der Waals surface area contributed by atoms with Crippen LogP contribution in [0.1, 0.15) is 0 Å². The summed E-state index contributed by atoms with van der Waals surface area (Å²) in [6.45, 7) is 0. The summed E-state index contributed by atoms with van der Waals surface area (Å²) in [5, 5.41) is 3.81. The Bertz CT molecular complexity index is 343. The monoisotopic (exact) mass is 227 g/mol. The molecule has 0 spiro atoms. The van der Waals surface area contributed by atoms with Crippen molar-refractivity contribution in [3.63, 3.8) is 0 Å². The lowest BCUT2D eigenvalue weighted by Crippen LogP contribution is -2.26. The van der Waals surface area contributed by atoms with Gasteiger partial charge in [-0.3, -0.25) is 4.79 Å². The molecule has 0 saturated carbocycles.